The first-order valence-electron chi connectivity index (χ1n) is 7.67. The Hall–Kier alpha value is -2.67. The molecule has 1 nitrogen and oxygen atoms in total. The van der Waals surface area contributed by atoms with Gasteiger partial charge in [-0.2, -0.15) is 0 Å². The molecule has 4 rings (SSSR count). The first kappa shape index (κ1) is 13.0. The minimum absolute atomic E-state index is 0.439. The summed E-state index contributed by atoms with van der Waals surface area (Å²) in [7, 11) is 0. The Morgan fingerprint density at radius 2 is 1.50 bits per heavy atom. The van der Waals surface area contributed by atoms with Crippen LogP contribution >= 0.6 is 0 Å². The molecule has 0 saturated carbocycles. The highest BCUT2D eigenvalue weighted by atomic mass is 14.6. The molecule has 106 valence electrons. The van der Waals surface area contributed by atoms with Crippen molar-refractivity contribution >= 4 is 5.57 Å². The quantitative estimate of drug-likeness (QED) is 0.669. The van der Waals surface area contributed by atoms with E-state index in [1.165, 1.54) is 27.8 Å². The maximum Gasteiger partial charge on any atom is 0.0270 e. The van der Waals surface area contributed by atoms with Crippen LogP contribution in [0.2, 0.25) is 0 Å². The molecule has 1 heterocycles. The molecule has 0 aliphatic heterocycles. The third kappa shape index (κ3) is 2.35. The third-order valence-corrected chi connectivity index (χ3v) is 4.31. The molecule has 0 fully saturated rings. The van der Waals surface area contributed by atoms with Gasteiger partial charge in [-0.15, -0.1) is 0 Å². The van der Waals surface area contributed by atoms with E-state index in [-0.39, 0.29) is 0 Å². The van der Waals surface area contributed by atoms with Gasteiger partial charge in [0.2, 0.25) is 0 Å². The fraction of sp³-hybridized carbons (Fsp3) is 0.0952. The first-order chi connectivity index (χ1) is 10.9. The molecule has 1 heteroatoms. The highest BCUT2D eigenvalue weighted by Gasteiger charge is 2.23. The molecule has 1 aliphatic rings. The summed E-state index contributed by atoms with van der Waals surface area (Å²) in [5.41, 5.74) is 6.79. The second-order valence-electron chi connectivity index (χ2n) is 5.70. The Balaban J connectivity index is 1.75. The summed E-state index contributed by atoms with van der Waals surface area (Å²) in [4.78, 5) is 4.11. The number of rotatable bonds is 3. The molecule has 0 spiro atoms. The first-order valence-corrected chi connectivity index (χ1v) is 7.67. The van der Waals surface area contributed by atoms with Gasteiger partial charge in [0, 0.05) is 18.3 Å². The molecule has 0 radical (unpaired) electrons. The van der Waals surface area contributed by atoms with Gasteiger partial charge in [0.05, 0.1) is 0 Å². The van der Waals surface area contributed by atoms with Crippen molar-refractivity contribution < 1.29 is 0 Å². The van der Waals surface area contributed by atoms with Gasteiger partial charge in [-0.3, -0.25) is 4.98 Å². The Morgan fingerprint density at radius 1 is 0.773 bits per heavy atom. The minimum Gasteiger partial charge on any atom is -0.265 e. The monoisotopic (exact) mass is 283 g/mol. The second-order valence-corrected chi connectivity index (χ2v) is 5.70. The van der Waals surface area contributed by atoms with Gasteiger partial charge in [0.25, 0.3) is 0 Å². The second kappa shape index (κ2) is 5.61. The number of benzene rings is 2. The van der Waals surface area contributed by atoms with Crippen LogP contribution in [0.25, 0.3) is 5.57 Å². The molecule has 2 aromatic carbocycles. The topological polar surface area (TPSA) is 12.9 Å². The SMILES string of the molecule is C1=C(c2ccccc2)c2ccccc2C1Cc1ccncc1. The summed E-state index contributed by atoms with van der Waals surface area (Å²) in [6.45, 7) is 0. The predicted molar refractivity (Wildman–Crippen MR) is 90.6 cm³/mol. The lowest BCUT2D eigenvalue weighted by Gasteiger charge is -2.10. The van der Waals surface area contributed by atoms with Gasteiger partial charge < -0.3 is 0 Å². The summed E-state index contributed by atoms with van der Waals surface area (Å²) in [5.74, 6) is 0.439. The van der Waals surface area contributed by atoms with Crippen LogP contribution in [0.3, 0.4) is 0 Å². The van der Waals surface area contributed by atoms with Crippen LogP contribution in [-0.2, 0) is 6.42 Å². The largest absolute Gasteiger partial charge is 0.265 e. The normalized spacial score (nSPS) is 16.2. The van der Waals surface area contributed by atoms with E-state index in [0.717, 1.165) is 6.42 Å². The minimum atomic E-state index is 0.439. The van der Waals surface area contributed by atoms with Crippen molar-refractivity contribution in [2.75, 3.05) is 0 Å². The standard InChI is InChI=1S/C21H17N/c1-2-6-17(7-3-1)21-15-18(14-16-10-12-22-13-11-16)19-8-4-5-9-20(19)21/h1-13,15,18H,14H2. The van der Waals surface area contributed by atoms with Gasteiger partial charge >= 0.3 is 0 Å². The summed E-state index contributed by atoms with van der Waals surface area (Å²) >= 11 is 0. The van der Waals surface area contributed by atoms with Crippen molar-refractivity contribution in [2.45, 2.75) is 12.3 Å². The molecule has 22 heavy (non-hydrogen) atoms. The van der Waals surface area contributed by atoms with Crippen LogP contribution in [0.15, 0.2) is 85.2 Å². The van der Waals surface area contributed by atoms with E-state index in [0.29, 0.717) is 5.92 Å². The lowest BCUT2D eigenvalue weighted by Crippen LogP contribution is -1.98. The van der Waals surface area contributed by atoms with Crippen molar-refractivity contribution in [2.24, 2.45) is 0 Å². The number of nitrogens with zero attached hydrogens (tertiary/aromatic N) is 1. The van der Waals surface area contributed by atoms with E-state index in [9.17, 15) is 0 Å². The smallest absolute Gasteiger partial charge is 0.0270 e. The predicted octanol–water partition coefficient (Wildman–Crippen LogP) is 4.85. The van der Waals surface area contributed by atoms with Crippen molar-refractivity contribution in [3.05, 3.63) is 107 Å². The van der Waals surface area contributed by atoms with E-state index in [2.05, 4.69) is 77.8 Å². The molecule has 3 aromatic rings. The lowest BCUT2D eigenvalue weighted by atomic mass is 9.94. The van der Waals surface area contributed by atoms with Crippen LogP contribution < -0.4 is 0 Å². The Labute approximate surface area is 131 Å². The molecular weight excluding hydrogens is 266 g/mol. The van der Waals surface area contributed by atoms with E-state index in [4.69, 9.17) is 0 Å². The molecule has 1 atom stereocenters. The Morgan fingerprint density at radius 3 is 2.32 bits per heavy atom. The fourth-order valence-corrected chi connectivity index (χ4v) is 3.26. The van der Waals surface area contributed by atoms with Crippen molar-refractivity contribution in [1.29, 1.82) is 0 Å². The molecule has 1 unspecified atom stereocenters. The van der Waals surface area contributed by atoms with Gasteiger partial charge in [-0.1, -0.05) is 60.7 Å². The van der Waals surface area contributed by atoms with Crippen LogP contribution in [-0.4, -0.2) is 4.98 Å². The highest BCUT2D eigenvalue weighted by molar-refractivity contribution is 5.85. The van der Waals surface area contributed by atoms with Gasteiger partial charge in [-0.25, -0.2) is 0 Å². The van der Waals surface area contributed by atoms with Crippen LogP contribution in [0.4, 0.5) is 0 Å². The van der Waals surface area contributed by atoms with Crippen LogP contribution in [0.5, 0.6) is 0 Å². The summed E-state index contributed by atoms with van der Waals surface area (Å²) < 4.78 is 0. The lowest BCUT2D eigenvalue weighted by molar-refractivity contribution is 0.848. The number of allylic oxidation sites excluding steroid dienone is 1. The Kier molecular flexibility index (Phi) is 3.32. The molecule has 0 N–H and O–H groups in total. The summed E-state index contributed by atoms with van der Waals surface area (Å²) in [5, 5.41) is 0. The maximum atomic E-state index is 4.11. The van der Waals surface area contributed by atoms with E-state index >= 15 is 0 Å². The van der Waals surface area contributed by atoms with E-state index in [1.54, 1.807) is 0 Å². The molecule has 0 amide bonds. The highest BCUT2D eigenvalue weighted by Crippen LogP contribution is 2.40. The Bertz CT molecular complexity index is 804. The van der Waals surface area contributed by atoms with Gasteiger partial charge in [0.15, 0.2) is 0 Å². The van der Waals surface area contributed by atoms with Crippen molar-refractivity contribution in [3.63, 3.8) is 0 Å². The van der Waals surface area contributed by atoms with Crippen molar-refractivity contribution in [1.82, 2.24) is 4.98 Å². The molecule has 0 saturated heterocycles. The zero-order chi connectivity index (χ0) is 14.8. The average molecular weight is 283 g/mol. The molecule has 1 aliphatic carbocycles. The van der Waals surface area contributed by atoms with Crippen LogP contribution in [0, 0.1) is 0 Å². The van der Waals surface area contributed by atoms with Gasteiger partial charge in [0.1, 0.15) is 0 Å². The van der Waals surface area contributed by atoms with Crippen molar-refractivity contribution in [3.8, 4) is 0 Å². The fourth-order valence-electron chi connectivity index (χ4n) is 3.26. The number of aromatic nitrogens is 1. The van der Waals surface area contributed by atoms with E-state index < -0.39 is 0 Å². The third-order valence-electron chi connectivity index (χ3n) is 4.31. The van der Waals surface area contributed by atoms with Crippen LogP contribution in [0.1, 0.15) is 28.2 Å². The average Bonchev–Trinajstić information content (AvgIpc) is 2.96. The number of pyridine rings is 1. The maximum absolute atomic E-state index is 4.11. The summed E-state index contributed by atoms with van der Waals surface area (Å²) in [6, 6.07) is 23.6. The summed E-state index contributed by atoms with van der Waals surface area (Å²) in [6.07, 6.45) is 7.19. The molecule has 0 bridgehead atoms. The number of hydrogen-bond donors (Lipinski definition) is 0. The number of hydrogen-bond acceptors (Lipinski definition) is 1. The zero-order valence-electron chi connectivity index (χ0n) is 12.3. The molecular formula is C21H17N. The number of fused-ring (bicyclic) bond motifs is 1. The molecule has 1 aromatic heterocycles. The van der Waals surface area contributed by atoms with Gasteiger partial charge in [-0.05, 0) is 46.4 Å². The van der Waals surface area contributed by atoms with E-state index in [1.807, 2.05) is 12.4 Å². The zero-order valence-corrected chi connectivity index (χ0v) is 12.3.